The summed E-state index contributed by atoms with van der Waals surface area (Å²) < 4.78 is 14.9. The molecular weight excluding hydrogens is 341 g/mol. The first-order valence-corrected chi connectivity index (χ1v) is 7.85. The largest absolute Gasteiger partial charge is 0.317 e. The van der Waals surface area contributed by atoms with Gasteiger partial charge in [-0.15, -0.1) is 6.58 Å². The van der Waals surface area contributed by atoms with Crippen molar-refractivity contribution in [1.82, 2.24) is 14.8 Å². The predicted octanol–water partition coefficient (Wildman–Crippen LogP) is 2.43. The fraction of sp³-hybridized carbons (Fsp3) is 0.0556. The van der Waals surface area contributed by atoms with Gasteiger partial charge in [0, 0.05) is 24.1 Å². The van der Waals surface area contributed by atoms with Crippen LogP contribution in [-0.4, -0.2) is 32.9 Å². The lowest BCUT2D eigenvalue weighted by Crippen LogP contribution is -2.53. The summed E-state index contributed by atoms with van der Waals surface area (Å²) in [6, 6.07) is 9.43. The SMILES string of the molecule is C=CCN1C(=O)/C(=C/c2cccn2-c2ccc(F)cc2)C(=O)NC1=S. The molecule has 0 aliphatic carbocycles. The number of rotatable bonds is 4. The average molecular weight is 355 g/mol. The second-order valence-corrected chi connectivity index (χ2v) is 5.69. The van der Waals surface area contributed by atoms with E-state index in [4.69, 9.17) is 12.2 Å². The van der Waals surface area contributed by atoms with Gasteiger partial charge in [-0.1, -0.05) is 6.08 Å². The van der Waals surface area contributed by atoms with Crippen LogP contribution in [0.25, 0.3) is 11.8 Å². The van der Waals surface area contributed by atoms with Crippen molar-refractivity contribution in [1.29, 1.82) is 0 Å². The highest BCUT2D eigenvalue weighted by Crippen LogP contribution is 2.19. The maximum absolute atomic E-state index is 13.1. The summed E-state index contributed by atoms with van der Waals surface area (Å²) in [6.07, 6.45) is 4.77. The van der Waals surface area contributed by atoms with Crippen LogP contribution in [0.4, 0.5) is 4.39 Å². The van der Waals surface area contributed by atoms with Crippen LogP contribution < -0.4 is 5.32 Å². The summed E-state index contributed by atoms with van der Waals surface area (Å²) in [6.45, 7) is 3.79. The van der Waals surface area contributed by atoms with E-state index in [0.717, 1.165) is 0 Å². The van der Waals surface area contributed by atoms with Crippen molar-refractivity contribution in [2.75, 3.05) is 6.54 Å². The molecule has 3 rings (SSSR count). The number of nitrogens with zero attached hydrogens (tertiary/aromatic N) is 2. The number of halogens is 1. The quantitative estimate of drug-likeness (QED) is 0.397. The van der Waals surface area contributed by atoms with Gasteiger partial charge in [0.1, 0.15) is 11.4 Å². The first-order chi connectivity index (χ1) is 12.0. The van der Waals surface area contributed by atoms with E-state index in [1.807, 2.05) is 0 Å². The Labute approximate surface area is 149 Å². The molecule has 1 fully saturated rings. The van der Waals surface area contributed by atoms with E-state index >= 15 is 0 Å². The molecule has 5 nitrogen and oxygen atoms in total. The summed E-state index contributed by atoms with van der Waals surface area (Å²) in [7, 11) is 0. The van der Waals surface area contributed by atoms with E-state index < -0.39 is 11.8 Å². The van der Waals surface area contributed by atoms with E-state index in [1.165, 1.54) is 29.2 Å². The molecule has 1 aromatic carbocycles. The summed E-state index contributed by atoms with van der Waals surface area (Å²) in [5.74, 6) is -1.38. The van der Waals surface area contributed by atoms with Crippen molar-refractivity contribution in [3.63, 3.8) is 0 Å². The Kier molecular flexibility index (Phi) is 4.58. The van der Waals surface area contributed by atoms with E-state index in [0.29, 0.717) is 11.4 Å². The minimum Gasteiger partial charge on any atom is -0.317 e. The lowest BCUT2D eigenvalue weighted by molar-refractivity contribution is -0.128. The Morgan fingerprint density at radius 3 is 2.60 bits per heavy atom. The Bertz CT molecular complexity index is 899. The molecule has 1 aromatic heterocycles. The van der Waals surface area contributed by atoms with Crippen molar-refractivity contribution in [3.05, 3.63) is 72.3 Å². The van der Waals surface area contributed by atoms with Crippen molar-refractivity contribution in [2.45, 2.75) is 0 Å². The monoisotopic (exact) mass is 355 g/mol. The summed E-state index contributed by atoms with van der Waals surface area (Å²) in [5, 5.41) is 2.55. The van der Waals surface area contributed by atoms with Gasteiger partial charge >= 0.3 is 0 Å². The first-order valence-electron chi connectivity index (χ1n) is 7.44. The third-order valence-corrected chi connectivity index (χ3v) is 4.00. The average Bonchev–Trinajstić information content (AvgIpc) is 3.04. The summed E-state index contributed by atoms with van der Waals surface area (Å²) in [4.78, 5) is 26.0. The fourth-order valence-electron chi connectivity index (χ4n) is 2.49. The highest BCUT2D eigenvalue weighted by molar-refractivity contribution is 7.80. The van der Waals surface area contributed by atoms with E-state index in [2.05, 4.69) is 11.9 Å². The van der Waals surface area contributed by atoms with Gasteiger partial charge in [-0.2, -0.15) is 0 Å². The second-order valence-electron chi connectivity index (χ2n) is 5.30. The van der Waals surface area contributed by atoms with Crippen LogP contribution in [0.5, 0.6) is 0 Å². The van der Waals surface area contributed by atoms with Crippen LogP contribution in [0.3, 0.4) is 0 Å². The van der Waals surface area contributed by atoms with Crippen molar-refractivity contribution < 1.29 is 14.0 Å². The molecule has 2 amide bonds. The van der Waals surface area contributed by atoms with E-state index in [1.54, 1.807) is 35.0 Å². The number of carbonyl (C=O) groups is 2. The minimum absolute atomic E-state index is 0.0301. The Morgan fingerprint density at radius 1 is 1.20 bits per heavy atom. The zero-order chi connectivity index (χ0) is 18.0. The molecule has 1 aliphatic heterocycles. The van der Waals surface area contributed by atoms with Gasteiger partial charge in [0.15, 0.2) is 5.11 Å². The van der Waals surface area contributed by atoms with Gasteiger partial charge in [0.2, 0.25) is 0 Å². The zero-order valence-corrected chi connectivity index (χ0v) is 13.9. The molecule has 1 N–H and O–H groups in total. The number of benzene rings is 1. The van der Waals surface area contributed by atoms with Gasteiger partial charge in [0.25, 0.3) is 11.8 Å². The van der Waals surface area contributed by atoms with Gasteiger partial charge in [-0.3, -0.25) is 19.8 Å². The molecule has 2 heterocycles. The number of nitrogens with one attached hydrogen (secondary N) is 1. The highest BCUT2D eigenvalue weighted by atomic mass is 32.1. The standard InChI is InChI=1S/C18H14FN3O2S/c1-2-9-22-17(24)15(16(23)20-18(22)25)11-14-4-3-10-21(14)13-7-5-12(19)6-8-13/h2-8,10-11H,1,9H2,(H,20,23,25)/b15-11+. The molecule has 2 aromatic rings. The molecule has 25 heavy (non-hydrogen) atoms. The fourth-order valence-corrected chi connectivity index (χ4v) is 2.74. The molecule has 0 bridgehead atoms. The number of aromatic nitrogens is 1. The minimum atomic E-state index is -0.554. The Hall–Kier alpha value is -3.06. The Balaban J connectivity index is 2.00. The zero-order valence-electron chi connectivity index (χ0n) is 13.1. The number of hydrogen-bond donors (Lipinski definition) is 1. The lowest BCUT2D eigenvalue weighted by Gasteiger charge is -2.27. The van der Waals surface area contributed by atoms with Crippen LogP contribution in [0.1, 0.15) is 5.69 Å². The second kappa shape index (κ2) is 6.82. The maximum atomic E-state index is 13.1. The lowest BCUT2D eigenvalue weighted by atomic mass is 10.1. The molecule has 0 unspecified atom stereocenters. The third kappa shape index (κ3) is 3.27. The summed E-state index contributed by atoms with van der Waals surface area (Å²) in [5.41, 5.74) is 1.29. The van der Waals surface area contributed by atoms with Gasteiger partial charge < -0.3 is 4.57 Å². The van der Waals surface area contributed by atoms with Crippen LogP contribution >= 0.6 is 12.2 Å². The molecule has 1 saturated heterocycles. The molecule has 0 saturated carbocycles. The number of carbonyl (C=O) groups excluding carboxylic acids is 2. The van der Waals surface area contributed by atoms with Gasteiger partial charge in [0.05, 0.1) is 0 Å². The van der Waals surface area contributed by atoms with Crippen LogP contribution in [0.15, 0.2) is 60.8 Å². The summed E-state index contributed by atoms with van der Waals surface area (Å²) >= 11 is 5.02. The van der Waals surface area contributed by atoms with E-state index in [-0.39, 0.29) is 23.0 Å². The topological polar surface area (TPSA) is 54.3 Å². The first kappa shape index (κ1) is 16.8. The van der Waals surface area contributed by atoms with Crippen molar-refractivity contribution >= 4 is 35.2 Å². The molecule has 0 spiro atoms. The number of thiocarbonyl (C=S) groups is 1. The molecule has 0 atom stereocenters. The van der Waals surface area contributed by atoms with E-state index in [9.17, 15) is 14.0 Å². The molecular formula is C18H14FN3O2S. The predicted molar refractivity (Wildman–Crippen MR) is 96.4 cm³/mol. The van der Waals surface area contributed by atoms with Gasteiger partial charge in [-0.05, 0) is 54.7 Å². The molecule has 1 aliphatic rings. The van der Waals surface area contributed by atoms with Crippen molar-refractivity contribution in [2.24, 2.45) is 0 Å². The molecule has 7 heteroatoms. The van der Waals surface area contributed by atoms with Crippen molar-refractivity contribution in [3.8, 4) is 5.69 Å². The van der Waals surface area contributed by atoms with Crippen LogP contribution in [0.2, 0.25) is 0 Å². The van der Waals surface area contributed by atoms with Crippen LogP contribution in [0, 0.1) is 5.82 Å². The van der Waals surface area contributed by atoms with Gasteiger partial charge in [-0.25, -0.2) is 4.39 Å². The van der Waals surface area contributed by atoms with Crippen LogP contribution in [-0.2, 0) is 9.59 Å². The molecule has 0 radical (unpaired) electrons. The normalized spacial score (nSPS) is 16.3. The maximum Gasteiger partial charge on any atom is 0.266 e. The molecule has 126 valence electrons. The Morgan fingerprint density at radius 2 is 1.92 bits per heavy atom. The third-order valence-electron chi connectivity index (χ3n) is 3.67. The number of hydrogen-bond acceptors (Lipinski definition) is 3. The smallest absolute Gasteiger partial charge is 0.266 e. The number of amides is 2. The highest BCUT2D eigenvalue weighted by Gasteiger charge is 2.32.